The Bertz CT molecular complexity index is 490. The van der Waals surface area contributed by atoms with Gasteiger partial charge < -0.3 is 16.9 Å². The number of nitrogens with one attached hydrogen (secondary N) is 2. The lowest BCUT2D eigenvalue weighted by Gasteiger charge is -2.06. The summed E-state index contributed by atoms with van der Waals surface area (Å²) in [6.07, 6.45) is 1.68. The quantitative estimate of drug-likeness (QED) is 0.485. The van der Waals surface area contributed by atoms with Gasteiger partial charge in [-0.2, -0.15) is 15.1 Å². The van der Waals surface area contributed by atoms with Crippen LogP contribution in [0.5, 0.6) is 0 Å². The van der Waals surface area contributed by atoms with Crippen LogP contribution in [0, 0.1) is 0 Å². The normalized spacial score (nSPS) is 10.9. The Balaban J connectivity index is 2.56. The molecule has 86 valence electrons. The Morgan fingerprint density at radius 1 is 1.44 bits per heavy atom. The first-order chi connectivity index (χ1) is 7.76. The van der Waals surface area contributed by atoms with Crippen LogP contribution in [0.3, 0.4) is 0 Å². The van der Waals surface area contributed by atoms with E-state index in [0.29, 0.717) is 24.6 Å². The minimum Gasteiger partial charge on any atom is -0.368 e. The summed E-state index contributed by atoms with van der Waals surface area (Å²) in [7, 11) is 1.74. The number of rotatable bonds is 4. The van der Waals surface area contributed by atoms with E-state index in [2.05, 4.69) is 25.9 Å². The van der Waals surface area contributed by atoms with Gasteiger partial charge in [-0.1, -0.05) is 0 Å². The molecule has 16 heavy (non-hydrogen) atoms. The molecule has 0 aliphatic carbocycles. The third-order valence-corrected chi connectivity index (χ3v) is 2.10. The molecule has 0 saturated carbocycles. The second kappa shape index (κ2) is 4.29. The van der Waals surface area contributed by atoms with Gasteiger partial charge in [0, 0.05) is 13.6 Å². The van der Waals surface area contributed by atoms with Crippen molar-refractivity contribution in [1.82, 2.24) is 25.2 Å². The van der Waals surface area contributed by atoms with E-state index in [-0.39, 0.29) is 5.95 Å². The zero-order chi connectivity index (χ0) is 11.5. The molecule has 0 aromatic carbocycles. The maximum atomic E-state index is 5.62. The van der Waals surface area contributed by atoms with E-state index in [1.165, 1.54) is 0 Å². The van der Waals surface area contributed by atoms with Crippen molar-refractivity contribution in [2.45, 2.75) is 6.54 Å². The zero-order valence-electron chi connectivity index (χ0n) is 8.94. The van der Waals surface area contributed by atoms with E-state index in [0.717, 1.165) is 5.39 Å². The molecule has 2 aromatic heterocycles. The van der Waals surface area contributed by atoms with Crippen molar-refractivity contribution in [3.63, 3.8) is 0 Å². The summed E-state index contributed by atoms with van der Waals surface area (Å²) in [6.45, 7) is 1.09. The molecule has 2 aromatic rings. The Morgan fingerprint density at radius 3 is 2.94 bits per heavy atom. The highest BCUT2D eigenvalue weighted by molar-refractivity contribution is 5.87. The van der Waals surface area contributed by atoms with Crippen LogP contribution in [-0.4, -0.2) is 33.3 Å². The molecule has 0 radical (unpaired) electrons. The van der Waals surface area contributed by atoms with E-state index >= 15 is 0 Å². The van der Waals surface area contributed by atoms with Gasteiger partial charge in [0.05, 0.1) is 18.1 Å². The standard InChI is InChI=1S/C8H14N8/c1-11-15-6-5-4-12-16(3-2-9)7(5)14-8(10)13-6/h4,11H,2-3,9H2,1H3,(H3,10,13,14,15). The van der Waals surface area contributed by atoms with Crippen LogP contribution < -0.4 is 22.3 Å². The van der Waals surface area contributed by atoms with Gasteiger partial charge in [0.15, 0.2) is 11.5 Å². The first-order valence-corrected chi connectivity index (χ1v) is 4.88. The fourth-order valence-electron chi connectivity index (χ4n) is 1.47. The fourth-order valence-corrected chi connectivity index (χ4v) is 1.47. The van der Waals surface area contributed by atoms with Gasteiger partial charge >= 0.3 is 0 Å². The van der Waals surface area contributed by atoms with Crippen LogP contribution in [0.1, 0.15) is 0 Å². The van der Waals surface area contributed by atoms with Crippen LogP contribution in [0.4, 0.5) is 11.8 Å². The molecule has 8 heteroatoms. The van der Waals surface area contributed by atoms with Crippen LogP contribution in [-0.2, 0) is 6.54 Å². The number of hydrogen-bond acceptors (Lipinski definition) is 7. The molecular formula is C8H14N8. The highest BCUT2D eigenvalue weighted by Gasteiger charge is 2.10. The van der Waals surface area contributed by atoms with Gasteiger partial charge in [0.25, 0.3) is 0 Å². The molecular weight excluding hydrogens is 208 g/mol. The maximum Gasteiger partial charge on any atom is 0.224 e. The third-order valence-electron chi connectivity index (χ3n) is 2.10. The molecule has 0 amide bonds. The van der Waals surface area contributed by atoms with E-state index in [9.17, 15) is 0 Å². The summed E-state index contributed by atoms with van der Waals surface area (Å²) in [5.74, 6) is 0.803. The Kier molecular flexibility index (Phi) is 2.84. The Labute approximate surface area is 92.0 Å². The van der Waals surface area contributed by atoms with E-state index in [1.54, 1.807) is 17.9 Å². The molecule has 0 atom stereocenters. The number of nitrogens with zero attached hydrogens (tertiary/aromatic N) is 4. The molecule has 8 nitrogen and oxygen atoms in total. The smallest absolute Gasteiger partial charge is 0.224 e. The average Bonchev–Trinajstić information content (AvgIpc) is 2.63. The second-order valence-corrected chi connectivity index (χ2v) is 3.20. The molecule has 0 aliphatic heterocycles. The van der Waals surface area contributed by atoms with Crippen molar-refractivity contribution in [1.29, 1.82) is 0 Å². The average molecular weight is 222 g/mol. The van der Waals surface area contributed by atoms with Gasteiger partial charge in [0.1, 0.15) is 0 Å². The van der Waals surface area contributed by atoms with Gasteiger partial charge in [-0.3, -0.25) is 0 Å². The van der Waals surface area contributed by atoms with Crippen LogP contribution >= 0.6 is 0 Å². The number of hydrogen-bond donors (Lipinski definition) is 4. The van der Waals surface area contributed by atoms with Gasteiger partial charge in [-0.05, 0) is 0 Å². The summed E-state index contributed by atoms with van der Waals surface area (Å²) in [6, 6.07) is 0. The molecule has 2 heterocycles. The van der Waals surface area contributed by atoms with Crippen LogP contribution in [0.2, 0.25) is 0 Å². The number of fused-ring (bicyclic) bond motifs is 1. The van der Waals surface area contributed by atoms with Crippen molar-refractivity contribution < 1.29 is 0 Å². The topological polar surface area (TPSA) is 120 Å². The number of anilines is 2. The summed E-state index contributed by atoms with van der Waals surface area (Å²) in [5, 5.41) is 4.98. The number of nitrogens with two attached hydrogens (primary N) is 2. The minimum absolute atomic E-state index is 0.198. The van der Waals surface area contributed by atoms with Crippen LogP contribution in [0.25, 0.3) is 11.0 Å². The Hall–Kier alpha value is -1.93. The summed E-state index contributed by atoms with van der Waals surface area (Å²) >= 11 is 0. The highest BCUT2D eigenvalue weighted by atomic mass is 15.4. The van der Waals surface area contributed by atoms with Gasteiger partial charge in [-0.15, -0.1) is 0 Å². The molecule has 0 saturated heterocycles. The summed E-state index contributed by atoms with van der Waals surface area (Å²) in [4.78, 5) is 8.21. The lowest BCUT2D eigenvalue weighted by Crippen LogP contribution is -2.17. The van der Waals surface area contributed by atoms with Crippen molar-refractivity contribution in [3.05, 3.63) is 6.20 Å². The Morgan fingerprint density at radius 2 is 2.25 bits per heavy atom. The molecule has 0 spiro atoms. The fraction of sp³-hybridized carbons (Fsp3) is 0.375. The SMILES string of the molecule is CNNc1nc(N)nc2c1cnn2CCN. The van der Waals surface area contributed by atoms with Crippen molar-refractivity contribution in [3.8, 4) is 0 Å². The van der Waals surface area contributed by atoms with E-state index in [4.69, 9.17) is 11.5 Å². The number of aromatic nitrogens is 4. The minimum atomic E-state index is 0.198. The monoisotopic (exact) mass is 222 g/mol. The lowest BCUT2D eigenvalue weighted by molar-refractivity contribution is 0.640. The summed E-state index contributed by atoms with van der Waals surface area (Å²) < 4.78 is 1.70. The highest BCUT2D eigenvalue weighted by Crippen LogP contribution is 2.19. The molecule has 0 aliphatic rings. The second-order valence-electron chi connectivity index (χ2n) is 3.20. The van der Waals surface area contributed by atoms with Crippen molar-refractivity contribution in [2.24, 2.45) is 5.73 Å². The zero-order valence-corrected chi connectivity index (χ0v) is 8.94. The number of nitrogen functional groups attached to an aromatic ring is 1. The van der Waals surface area contributed by atoms with Gasteiger partial charge in [0.2, 0.25) is 5.95 Å². The van der Waals surface area contributed by atoms with Crippen molar-refractivity contribution >= 4 is 22.8 Å². The predicted octanol–water partition coefficient (Wildman–Crippen LogP) is -1.09. The largest absolute Gasteiger partial charge is 0.368 e. The first kappa shape index (κ1) is 10.6. The molecule has 0 fully saturated rings. The van der Waals surface area contributed by atoms with E-state index in [1.807, 2.05) is 0 Å². The molecule has 0 bridgehead atoms. The third kappa shape index (κ3) is 1.75. The van der Waals surface area contributed by atoms with Crippen LogP contribution in [0.15, 0.2) is 6.20 Å². The maximum absolute atomic E-state index is 5.62. The molecule has 0 unspecified atom stereocenters. The lowest BCUT2D eigenvalue weighted by atomic mass is 10.4. The molecule has 6 N–H and O–H groups in total. The van der Waals surface area contributed by atoms with Crippen molar-refractivity contribution in [2.75, 3.05) is 24.8 Å². The first-order valence-electron chi connectivity index (χ1n) is 4.88. The molecule has 2 rings (SSSR count). The predicted molar refractivity (Wildman–Crippen MR) is 61.5 cm³/mol. The summed E-state index contributed by atoms with van der Waals surface area (Å²) in [5.41, 5.74) is 17.4. The number of hydrazine groups is 1. The van der Waals surface area contributed by atoms with E-state index < -0.39 is 0 Å². The van der Waals surface area contributed by atoms with Gasteiger partial charge in [-0.25, -0.2) is 10.1 Å².